The van der Waals surface area contributed by atoms with Gasteiger partial charge < -0.3 is 4.74 Å². The third-order valence-corrected chi connectivity index (χ3v) is 2.78. The van der Waals surface area contributed by atoms with Crippen molar-refractivity contribution < 1.29 is 4.74 Å². The molecule has 0 N–H and O–H groups in total. The van der Waals surface area contributed by atoms with E-state index in [4.69, 9.17) is 4.74 Å². The van der Waals surface area contributed by atoms with Crippen LogP contribution in [0.1, 0.15) is 32.2 Å². The second-order valence-electron chi connectivity index (χ2n) is 4.98. The fourth-order valence-corrected chi connectivity index (χ4v) is 2.02. The monoisotopic (exact) mass is 247 g/mol. The molecule has 0 aliphatic heterocycles. The molecule has 2 rings (SSSR count). The lowest BCUT2D eigenvalue weighted by atomic mass is 9.96. The second kappa shape index (κ2) is 4.45. The van der Waals surface area contributed by atoms with Gasteiger partial charge in [-0.2, -0.15) is 9.36 Å². The molecule has 1 aromatic carbocycles. The van der Waals surface area contributed by atoms with E-state index in [1.54, 1.807) is 6.07 Å². The van der Waals surface area contributed by atoms with Gasteiger partial charge in [-0.1, -0.05) is 26.8 Å². The predicted octanol–water partition coefficient (Wildman–Crippen LogP) is 3.74. The van der Waals surface area contributed by atoms with Crippen molar-refractivity contribution in [2.45, 2.75) is 33.1 Å². The van der Waals surface area contributed by atoms with Gasteiger partial charge in [-0.05, 0) is 30.7 Å². The zero-order valence-electron chi connectivity index (χ0n) is 10.4. The van der Waals surface area contributed by atoms with Crippen molar-refractivity contribution in [2.24, 2.45) is 0 Å². The number of benzene rings is 1. The highest BCUT2D eigenvalue weighted by Crippen LogP contribution is 2.27. The Labute approximate surface area is 106 Å². The van der Waals surface area contributed by atoms with Crippen molar-refractivity contribution in [1.82, 2.24) is 9.36 Å². The van der Waals surface area contributed by atoms with Crippen LogP contribution in [0.3, 0.4) is 0 Å². The maximum absolute atomic E-state index is 5.65. The summed E-state index contributed by atoms with van der Waals surface area (Å²) in [6.07, 6.45) is 0. The van der Waals surface area contributed by atoms with Gasteiger partial charge in [0.2, 0.25) is 0 Å². The maximum atomic E-state index is 5.65. The van der Waals surface area contributed by atoms with Gasteiger partial charge in [0, 0.05) is 16.9 Å². The third kappa shape index (κ3) is 3.03. The number of hydrogen-bond acceptors (Lipinski definition) is 4. The topological polar surface area (TPSA) is 35.0 Å². The molecule has 89 valence electrons. The number of aromatic nitrogens is 2. The molecule has 4 heteroatoms. The Morgan fingerprint density at radius 1 is 1.29 bits per heavy atom. The first kappa shape index (κ1) is 12.0. The summed E-state index contributed by atoms with van der Waals surface area (Å²) in [5.74, 6) is 1.57. The zero-order chi connectivity index (χ0) is 12.5. The lowest BCUT2D eigenvalue weighted by molar-refractivity contribution is 0.467. The van der Waals surface area contributed by atoms with Crippen molar-refractivity contribution in [3.05, 3.63) is 35.7 Å². The zero-order valence-corrected chi connectivity index (χ0v) is 11.3. The molecule has 0 aliphatic rings. The van der Waals surface area contributed by atoms with Crippen molar-refractivity contribution >= 4 is 11.5 Å². The van der Waals surface area contributed by atoms with E-state index in [-0.39, 0.29) is 5.41 Å². The standard InChI is InChI=1S/C13H15N2OS/c1-9-6-5-7-10(8-9)16-12-14-11(15-17-12)13(2,3)4/h6-8H,1-4H3. The van der Waals surface area contributed by atoms with Crippen LogP contribution in [0.15, 0.2) is 18.2 Å². The van der Waals surface area contributed by atoms with E-state index < -0.39 is 0 Å². The van der Waals surface area contributed by atoms with Crippen molar-refractivity contribution in [3.63, 3.8) is 0 Å². The SMILES string of the molecule is Cc1c[c]cc(Oc2nc(C(C)(C)C)ns2)c1. The van der Waals surface area contributed by atoms with Gasteiger partial charge in [0.25, 0.3) is 5.19 Å². The lowest BCUT2D eigenvalue weighted by Crippen LogP contribution is -2.12. The van der Waals surface area contributed by atoms with Gasteiger partial charge in [0.15, 0.2) is 5.82 Å². The second-order valence-corrected chi connectivity index (χ2v) is 5.70. The van der Waals surface area contributed by atoms with Gasteiger partial charge in [-0.25, -0.2) is 0 Å². The van der Waals surface area contributed by atoms with Crippen LogP contribution in [0, 0.1) is 13.0 Å². The molecule has 0 atom stereocenters. The molecule has 0 saturated heterocycles. The summed E-state index contributed by atoms with van der Waals surface area (Å²) in [6.45, 7) is 8.25. The van der Waals surface area contributed by atoms with E-state index in [9.17, 15) is 0 Å². The number of ether oxygens (including phenoxy) is 1. The molecule has 0 bridgehead atoms. The molecule has 2 aromatic rings. The molecule has 1 heterocycles. The molecule has 3 nitrogen and oxygen atoms in total. The average Bonchev–Trinajstić information content (AvgIpc) is 2.65. The first-order valence-corrected chi connectivity index (χ1v) is 6.22. The number of nitrogens with zero attached hydrogens (tertiary/aromatic N) is 2. The Morgan fingerprint density at radius 2 is 2.06 bits per heavy atom. The van der Waals surface area contributed by atoms with Gasteiger partial charge in [0.05, 0.1) is 0 Å². The van der Waals surface area contributed by atoms with E-state index in [1.807, 2.05) is 19.1 Å². The first-order valence-electron chi connectivity index (χ1n) is 5.45. The lowest BCUT2D eigenvalue weighted by Gasteiger charge is -2.11. The molecule has 0 amide bonds. The average molecular weight is 247 g/mol. The van der Waals surface area contributed by atoms with Crippen LogP contribution < -0.4 is 4.74 Å². The van der Waals surface area contributed by atoms with Gasteiger partial charge in [-0.3, -0.25) is 0 Å². The number of hydrogen-bond donors (Lipinski definition) is 0. The minimum absolute atomic E-state index is 0.0448. The van der Waals surface area contributed by atoms with Gasteiger partial charge in [0.1, 0.15) is 5.75 Å². The molecular weight excluding hydrogens is 232 g/mol. The minimum Gasteiger partial charge on any atom is -0.430 e. The first-order chi connectivity index (χ1) is 7.95. The van der Waals surface area contributed by atoms with E-state index in [2.05, 4.69) is 36.2 Å². The molecule has 0 saturated carbocycles. The van der Waals surface area contributed by atoms with Crippen LogP contribution in [-0.2, 0) is 5.41 Å². The highest BCUT2D eigenvalue weighted by Gasteiger charge is 2.20. The normalized spacial score (nSPS) is 11.5. The maximum Gasteiger partial charge on any atom is 0.298 e. The van der Waals surface area contributed by atoms with E-state index in [0.717, 1.165) is 17.1 Å². The molecule has 0 aliphatic carbocycles. The summed E-state index contributed by atoms with van der Waals surface area (Å²) in [7, 11) is 0. The van der Waals surface area contributed by atoms with Crippen LogP contribution in [0.25, 0.3) is 0 Å². The van der Waals surface area contributed by atoms with Gasteiger partial charge in [-0.15, -0.1) is 0 Å². The Balaban J connectivity index is 2.17. The minimum atomic E-state index is -0.0448. The van der Waals surface area contributed by atoms with Crippen molar-refractivity contribution in [1.29, 1.82) is 0 Å². The highest BCUT2D eigenvalue weighted by molar-refractivity contribution is 7.07. The summed E-state index contributed by atoms with van der Waals surface area (Å²) in [6, 6.07) is 8.68. The Kier molecular flexibility index (Phi) is 3.15. The fourth-order valence-electron chi connectivity index (χ4n) is 1.28. The molecular formula is C13H15N2OS. The molecule has 0 spiro atoms. The van der Waals surface area contributed by atoms with Crippen LogP contribution in [-0.4, -0.2) is 9.36 Å². The predicted molar refractivity (Wildman–Crippen MR) is 68.7 cm³/mol. The number of rotatable bonds is 2. The third-order valence-electron chi connectivity index (χ3n) is 2.19. The fraction of sp³-hybridized carbons (Fsp3) is 0.385. The Morgan fingerprint density at radius 3 is 2.65 bits per heavy atom. The van der Waals surface area contributed by atoms with Crippen molar-refractivity contribution in [3.8, 4) is 10.9 Å². The summed E-state index contributed by atoms with van der Waals surface area (Å²) >= 11 is 1.28. The largest absolute Gasteiger partial charge is 0.430 e. The van der Waals surface area contributed by atoms with Crippen LogP contribution in [0.4, 0.5) is 0 Å². The Bertz CT molecular complexity index is 514. The summed E-state index contributed by atoms with van der Waals surface area (Å²) < 4.78 is 9.95. The highest BCUT2D eigenvalue weighted by atomic mass is 32.1. The molecule has 1 radical (unpaired) electrons. The smallest absolute Gasteiger partial charge is 0.298 e. The summed E-state index contributed by atoms with van der Waals surface area (Å²) in [4.78, 5) is 4.38. The van der Waals surface area contributed by atoms with Crippen molar-refractivity contribution in [2.75, 3.05) is 0 Å². The summed E-state index contributed by atoms with van der Waals surface area (Å²) in [5.41, 5.74) is 1.07. The van der Waals surface area contributed by atoms with Crippen LogP contribution in [0.2, 0.25) is 0 Å². The van der Waals surface area contributed by atoms with Crippen LogP contribution in [0.5, 0.6) is 10.9 Å². The van der Waals surface area contributed by atoms with E-state index in [1.165, 1.54) is 11.5 Å². The quantitative estimate of drug-likeness (QED) is 0.811. The Hall–Kier alpha value is -1.42. The van der Waals surface area contributed by atoms with Gasteiger partial charge >= 0.3 is 0 Å². The number of aryl methyl sites for hydroxylation is 1. The molecule has 0 unspecified atom stereocenters. The molecule has 17 heavy (non-hydrogen) atoms. The van der Waals surface area contributed by atoms with E-state index in [0.29, 0.717) is 5.19 Å². The van der Waals surface area contributed by atoms with Crippen LogP contribution >= 0.6 is 11.5 Å². The summed E-state index contributed by atoms with van der Waals surface area (Å²) in [5, 5.41) is 0.578. The molecule has 0 fully saturated rings. The molecule has 1 aromatic heterocycles. The van der Waals surface area contributed by atoms with E-state index >= 15 is 0 Å².